The summed E-state index contributed by atoms with van der Waals surface area (Å²) in [6, 6.07) is 15.1. The zero-order chi connectivity index (χ0) is 19.4. The van der Waals surface area contributed by atoms with Crippen molar-refractivity contribution in [3.63, 3.8) is 0 Å². The molecule has 2 aromatic rings. The molecule has 8 heteroatoms. The number of carboxylic acid groups (broad SMARTS) is 1. The number of carboxylic acids is 1. The molecule has 0 aliphatic carbocycles. The van der Waals surface area contributed by atoms with Crippen LogP contribution in [0.2, 0.25) is 0 Å². The topological polar surface area (TPSA) is 120 Å². The Bertz CT molecular complexity index is 916. The number of hydrogen-bond donors (Lipinski definition) is 2. The van der Waals surface area contributed by atoms with Gasteiger partial charge in [-0.15, -0.1) is 0 Å². The fourth-order valence-corrected chi connectivity index (χ4v) is 2.58. The number of rotatable bonds is 5. The third-order valence-electron chi connectivity index (χ3n) is 4.06. The molecular weight excluding hydrogens is 350 g/mol. The Labute approximate surface area is 154 Å². The van der Waals surface area contributed by atoms with Crippen LogP contribution in [0.5, 0.6) is 0 Å². The number of aliphatic carboxylic acids is 1. The zero-order valence-corrected chi connectivity index (χ0v) is 14.1. The molecule has 2 amide bonds. The lowest BCUT2D eigenvalue weighted by Gasteiger charge is -2.13. The molecule has 1 atom stereocenters. The fourth-order valence-electron chi connectivity index (χ4n) is 2.58. The van der Waals surface area contributed by atoms with E-state index in [2.05, 4.69) is 5.32 Å². The van der Waals surface area contributed by atoms with Crippen LogP contribution in [0.1, 0.15) is 21.5 Å². The van der Waals surface area contributed by atoms with E-state index in [1.54, 1.807) is 48.5 Å². The normalized spacial score (nSPS) is 15.7. The molecule has 2 N–H and O–H groups in total. The van der Waals surface area contributed by atoms with E-state index in [0.29, 0.717) is 16.8 Å². The summed E-state index contributed by atoms with van der Waals surface area (Å²) in [4.78, 5) is 36.0. The molecule has 1 heterocycles. The minimum absolute atomic E-state index is 0.0526. The summed E-state index contributed by atoms with van der Waals surface area (Å²) >= 11 is 0. The molecule has 27 heavy (non-hydrogen) atoms. The monoisotopic (exact) mass is 365 g/mol. The van der Waals surface area contributed by atoms with E-state index in [9.17, 15) is 14.4 Å². The van der Waals surface area contributed by atoms with Crippen LogP contribution in [0.3, 0.4) is 0 Å². The number of anilines is 1. The van der Waals surface area contributed by atoms with Crippen molar-refractivity contribution in [2.75, 3.05) is 11.4 Å². The minimum atomic E-state index is -1.19. The standard InChI is InChI=1S/C19H15N3O5/c20-9-12-1-5-14(6-2-12)17(23)21-10-13-3-7-15(8-4-13)22-11-16(18(24)25)27-19(22)26/h1-8,16H,10-11H2,(H,21,23)(H,24,25). The molecular formula is C19H15N3O5. The molecule has 8 nitrogen and oxygen atoms in total. The summed E-state index contributed by atoms with van der Waals surface area (Å²) in [7, 11) is 0. The molecule has 1 fully saturated rings. The van der Waals surface area contributed by atoms with Gasteiger partial charge in [-0.3, -0.25) is 9.69 Å². The first-order valence-electron chi connectivity index (χ1n) is 8.06. The molecule has 0 spiro atoms. The van der Waals surface area contributed by atoms with Crippen LogP contribution in [-0.4, -0.2) is 35.7 Å². The molecule has 1 unspecified atom stereocenters. The molecule has 136 valence electrons. The highest BCUT2D eigenvalue weighted by molar-refractivity contribution is 5.94. The summed E-state index contributed by atoms with van der Waals surface area (Å²) in [6.45, 7) is 0.226. The Kier molecular flexibility index (Phi) is 5.04. The Hall–Kier alpha value is -3.86. The summed E-state index contributed by atoms with van der Waals surface area (Å²) in [5.41, 5.74) is 2.26. The van der Waals surface area contributed by atoms with E-state index in [1.807, 2.05) is 6.07 Å². The summed E-state index contributed by atoms with van der Waals surface area (Å²) in [6.07, 6.45) is -1.88. The van der Waals surface area contributed by atoms with Crippen molar-refractivity contribution in [3.05, 3.63) is 65.2 Å². The predicted molar refractivity (Wildman–Crippen MR) is 94.0 cm³/mol. The third kappa shape index (κ3) is 4.04. The van der Waals surface area contributed by atoms with Crippen molar-refractivity contribution in [2.24, 2.45) is 0 Å². The van der Waals surface area contributed by atoms with Crippen LogP contribution in [0.4, 0.5) is 10.5 Å². The van der Waals surface area contributed by atoms with Crippen molar-refractivity contribution in [3.8, 4) is 6.07 Å². The van der Waals surface area contributed by atoms with Gasteiger partial charge in [-0.1, -0.05) is 12.1 Å². The maximum Gasteiger partial charge on any atom is 0.415 e. The number of nitriles is 1. The predicted octanol–water partition coefficient (Wildman–Crippen LogP) is 1.90. The SMILES string of the molecule is N#Cc1ccc(C(=O)NCc2ccc(N3CC(C(=O)O)OC3=O)cc2)cc1. The van der Waals surface area contributed by atoms with Crippen LogP contribution in [0, 0.1) is 11.3 Å². The molecule has 0 saturated carbocycles. The third-order valence-corrected chi connectivity index (χ3v) is 4.06. The first-order valence-corrected chi connectivity index (χ1v) is 8.06. The van der Waals surface area contributed by atoms with E-state index in [1.165, 1.54) is 4.90 Å². The molecule has 2 aromatic carbocycles. The first-order chi connectivity index (χ1) is 13.0. The molecule has 0 radical (unpaired) electrons. The van der Waals surface area contributed by atoms with Gasteiger partial charge in [0.25, 0.3) is 5.91 Å². The van der Waals surface area contributed by atoms with E-state index >= 15 is 0 Å². The summed E-state index contributed by atoms with van der Waals surface area (Å²) < 4.78 is 4.77. The fraction of sp³-hybridized carbons (Fsp3) is 0.158. The first kappa shape index (κ1) is 17.9. The number of amides is 2. The maximum absolute atomic E-state index is 12.1. The quantitative estimate of drug-likeness (QED) is 0.835. The van der Waals surface area contributed by atoms with Gasteiger partial charge in [-0.05, 0) is 42.0 Å². The number of carbonyl (C=O) groups is 3. The Morgan fingerprint density at radius 3 is 2.41 bits per heavy atom. The number of nitrogens with zero attached hydrogens (tertiary/aromatic N) is 2. The Morgan fingerprint density at radius 2 is 1.85 bits per heavy atom. The van der Waals surface area contributed by atoms with Gasteiger partial charge in [0.2, 0.25) is 6.10 Å². The highest BCUT2D eigenvalue weighted by atomic mass is 16.6. The second-order valence-corrected chi connectivity index (χ2v) is 5.86. The van der Waals surface area contributed by atoms with E-state index in [0.717, 1.165) is 5.56 Å². The van der Waals surface area contributed by atoms with Crippen LogP contribution < -0.4 is 10.2 Å². The summed E-state index contributed by atoms with van der Waals surface area (Å²) in [5, 5.41) is 20.5. The molecule has 0 aromatic heterocycles. The van der Waals surface area contributed by atoms with Crippen molar-refractivity contribution in [2.45, 2.75) is 12.6 Å². The van der Waals surface area contributed by atoms with Crippen LogP contribution in [0.15, 0.2) is 48.5 Å². The van der Waals surface area contributed by atoms with Crippen molar-refractivity contribution in [1.29, 1.82) is 5.26 Å². The van der Waals surface area contributed by atoms with Crippen LogP contribution in [0.25, 0.3) is 0 Å². The van der Waals surface area contributed by atoms with Gasteiger partial charge < -0.3 is 15.2 Å². The zero-order valence-electron chi connectivity index (χ0n) is 14.1. The highest BCUT2D eigenvalue weighted by Crippen LogP contribution is 2.22. The van der Waals surface area contributed by atoms with Gasteiger partial charge in [0.1, 0.15) is 0 Å². The average molecular weight is 365 g/mol. The largest absolute Gasteiger partial charge is 0.478 e. The maximum atomic E-state index is 12.1. The number of ether oxygens (including phenoxy) is 1. The Morgan fingerprint density at radius 1 is 1.19 bits per heavy atom. The van der Waals surface area contributed by atoms with Gasteiger partial charge in [0.15, 0.2) is 0 Å². The van der Waals surface area contributed by atoms with Gasteiger partial charge in [0.05, 0.1) is 18.2 Å². The number of nitrogens with one attached hydrogen (secondary N) is 1. The number of hydrogen-bond acceptors (Lipinski definition) is 5. The van der Waals surface area contributed by atoms with Crippen molar-refractivity contribution < 1.29 is 24.2 Å². The Balaban J connectivity index is 1.59. The summed E-state index contributed by atoms with van der Waals surface area (Å²) in [5.74, 6) is -1.45. The van der Waals surface area contributed by atoms with Crippen LogP contribution in [-0.2, 0) is 16.1 Å². The molecule has 1 aliphatic rings. The second kappa shape index (κ2) is 7.58. The lowest BCUT2D eigenvalue weighted by atomic mass is 10.1. The van der Waals surface area contributed by atoms with Gasteiger partial charge in [-0.25, -0.2) is 9.59 Å². The number of benzene rings is 2. The van der Waals surface area contributed by atoms with Gasteiger partial charge >= 0.3 is 12.1 Å². The van der Waals surface area contributed by atoms with Gasteiger partial charge in [-0.2, -0.15) is 5.26 Å². The smallest absolute Gasteiger partial charge is 0.415 e. The van der Waals surface area contributed by atoms with E-state index < -0.39 is 18.2 Å². The molecule has 0 bridgehead atoms. The molecule has 1 aliphatic heterocycles. The van der Waals surface area contributed by atoms with Gasteiger partial charge in [0, 0.05) is 17.8 Å². The molecule has 3 rings (SSSR count). The average Bonchev–Trinajstić information content (AvgIpc) is 3.08. The van der Waals surface area contributed by atoms with Crippen molar-refractivity contribution >= 4 is 23.7 Å². The second-order valence-electron chi connectivity index (χ2n) is 5.86. The number of cyclic esters (lactones) is 1. The van der Waals surface area contributed by atoms with E-state index in [4.69, 9.17) is 15.1 Å². The molecule has 1 saturated heterocycles. The number of carbonyl (C=O) groups excluding carboxylic acids is 2. The van der Waals surface area contributed by atoms with Crippen LogP contribution >= 0.6 is 0 Å². The van der Waals surface area contributed by atoms with Crippen molar-refractivity contribution in [1.82, 2.24) is 5.32 Å². The lowest BCUT2D eigenvalue weighted by molar-refractivity contribution is -0.144. The minimum Gasteiger partial charge on any atom is -0.478 e. The highest BCUT2D eigenvalue weighted by Gasteiger charge is 2.36. The lowest BCUT2D eigenvalue weighted by Crippen LogP contribution is -2.27. The van der Waals surface area contributed by atoms with E-state index in [-0.39, 0.29) is 19.0 Å².